The number of fused-ring (bicyclic) bond motifs is 4. The second kappa shape index (κ2) is 14.4. The van der Waals surface area contributed by atoms with E-state index in [9.17, 15) is 0 Å². The largest absolute Gasteiger partial charge is 0.436 e. The van der Waals surface area contributed by atoms with Gasteiger partial charge in [-0.2, -0.15) is 0 Å². The van der Waals surface area contributed by atoms with Crippen LogP contribution in [-0.4, -0.2) is 24.9 Å². The van der Waals surface area contributed by atoms with Crippen molar-refractivity contribution in [2.24, 2.45) is 0 Å². The first-order valence-electron chi connectivity index (χ1n) is 19.6. The number of nitrogens with zero attached hydrogens (tertiary/aromatic N) is 5. The molecule has 0 saturated carbocycles. The van der Waals surface area contributed by atoms with Crippen molar-refractivity contribution in [2.45, 2.75) is 0 Å². The third-order valence-electron chi connectivity index (χ3n) is 10.8. The van der Waals surface area contributed by atoms with E-state index in [2.05, 4.69) is 140 Å². The molecular weight excluding hydrogens is 723 g/mol. The summed E-state index contributed by atoms with van der Waals surface area (Å²) in [5.74, 6) is 1.90. The molecule has 0 atom stereocenters. The second-order valence-corrected chi connectivity index (χ2v) is 14.5. The smallest absolute Gasteiger partial charge is 0.246 e. The van der Waals surface area contributed by atoms with E-state index in [1.165, 1.54) is 5.56 Å². The highest BCUT2D eigenvalue weighted by atomic mass is 16.3. The Morgan fingerprint density at radius 2 is 0.644 bits per heavy atom. The molecule has 11 aromatic rings. The van der Waals surface area contributed by atoms with Crippen LogP contribution in [-0.2, 0) is 0 Å². The Morgan fingerprint density at radius 3 is 1.19 bits per heavy atom. The van der Waals surface area contributed by atoms with Crippen molar-refractivity contribution in [1.29, 1.82) is 0 Å². The molecule has 0 aliphatic carbocycles. The van der Waals surface area contributed by atoms with Crippen molar-refractivity contribution >= 4 is 33.2 Å². The van der Waals surface area contributed by atoms with E-state index >= 15 is 0 Å². The van der Waals surface area contributed by atoms with Gasteiger partial charge in [0.2, 0.25) is 5.71 Å². The predicted octanol–water partition coefficient (Wildman–Crippen LogP) is 13.4. The molecule has 0 unspecified atom stereocenters. The van der Waals surface area contributed by atoms with Crippen LogP contribution in [0.25, 0.3) is 112 Å². The van der Waals surface area contributed by atoms with Crippen molar-refractivity contribution in [3.05, 3.63) is 200 Å². The average Bonchev–Trinajstić information content (AvgIpc) is 3.68. The zero-order valence-corrected chi connectivity index (χ0v) is 31.7. The van der Waals surface area contributed by atoms with Gasteiger partial charge in [0, 0.05) is 22.1 Å². The van der Waals surface area contributed by atoms with Crippen molar-refractivity contribution in [1.82, 2.24) is 24.9 Å². The highest BCUT2D eigenvalue weighted by molar-refractivity contribution is 6.04. The zero-order chi connectivity index (χ0) is 39.1. The van der Waals surface area contributed by atoms with Crippen LogP contribution < -0.4 is 0 Å². The lowest BCUT2D eigenvalue weighted by Gasteiger charge is -2.10. The fraction of sp³-hybridized carbons (Fsp3) is 0. The predicted molar refractivity (Wildman–Crippen MR) is 238 cm³/mol. The van der Waals surface area contributed by atoms with Gasteiger partial charge in [0.05, 0.1) is 11.0 Å². The lowest BCUT2D eigenvalue weighted by atomic mass is 9.96. The molecule has 6 heteroatoms. The first-order valence-corrected chi connectivity index (χ1v) is 19.6. The van der Waals surface area contributed by atoms with Crippen molar-refractivity contribution in [3.63, 3.8) is 0 Å². The monoisotopic (exact) mass is 755 g/mol. The molecule has 0 bridgehead atoms. The maximum atomic E-state index is 6.18. The number of para-hydroxylation sites is 2. The van der Waals surface area contributed by atoms with E-state index in [1.807, 2.05) is 60.7 Å². The maximum absolute atomic E-state index is 6.18. The summed E-state index contributed by atoms with van der Waals surface area (Å²) < 4.78 is 6.18. The first-order chi connectivity index (χ1) is 29.2. The fourth-order valence-corrected chi connectivity index (χ4v) is 7.65. The summed E-state index contributed by atoms with van der Waals surface area (Å²) in [6, 6.07) is 68.8. The molecule has 0 aliphatic rings. The van der Waals surface area contributed by atoms with Gasteiger partial charge < -0.3 is 4.42 Å². The molecule has 59 heavy (non-hydrogen) atoms. The van der Waals surface area contributed by atoms with E-state index in [0.717, 1.165) is 83.2 Å². The number of rotatable bonds is 7. The van der Waals surface area contributed by atoms with Crippen molar-refractivity contribution in [2.75, 3.05) is 0 Å². The SMILES string of the molecule is c1ccc(-c2ccc(-c3nc(-c4ccccc4)nc(-c4ccc(-c5cccc(-c6ccc(-c7ccc8c(c7)oc7nc9ccccc9nc78)cc6)c5)cc4)n3)cc2)cc1. The molecule has 3 heterocycles. The molecular formula is C53H33N5O. The highest BCUT2D eigenvalue weighted by Gasteiger charge is 2.15. The molecule has 8 aromatic carbocycles. The lowest BCUT2D eigenvalue weighted by Crippen LogP contribution is -2.00. The topological polar surface area (TPSA) is 77.6 Å². The van der Waals surface area contributed by atoms with E-state index in [-0.39, 0.29) is 0 Å². The molecule has 0 spiro atoms. The van der Waals surface area contributed by atoms with Gasteiger partial charge >= 0.3 is 0 Å². The summed E-state index contributed by atoms with van der Waals surface area (Å²) in [4.78, 5) is 24.4. The third-order valence-corrected chi connectivity index (χ3v) is 10.8. The van der Waals surface area contributed by atoms with Crippen LogP contribution in [0.15, 0.2) is 205 Å². The van der Waals surface area contributed by atoms with E-state index in [0.29, 0.717) is 23.2 Å². The normalized spacial score (nSPS) is 11.4. The summed E-state index contributed by atoms with van der Waals surface area (Å²) in [6.07, 6.45) is 0. The minimum absolute atomic E-state index is 0.554. The Morgan fingerprint density at radius 1 is 0.271 bits per heavy atom. The van der Waals surface area contributed by atoms with Gasteiger partial charge in [-0.1, -0.05) is 170 Å². The molecule has 0 radical (unpaired) electrons. The van der Waals surface area contributed by atoms with Crippen LogP contribution in [0.2, 0.25) is 0 Å². The van der Waals surface area contributed by atoms with Crippen LogP contribution >= 0.6 is 0 Å². The maximum Gasteiger partial charge on any atom is 0.246 e. The number of furan rings is 1. The Balaban J connectivity index is 0.863. The number of hydrogen-bond donors (Lipinski definition) is 0. The van der Waals surface area contributed by atoms with Crippen LogP contribution in [0.5, 0.6) is 0 Å². The van der Waals surface area contributed by atoms with Crippen LogP contribution in [0, 0.1) is 0 Å². The van der Waals surface area contributed by atoms with Crippen LogP contribution in [0.4, 0.5) is 0 Å². The molecule has 11 rings (SSSR count). The van der Waals surface area contributed by atoms with Crippen molar-refractivity contribution in [3.8, 4) is 78.7 Å². The Kier molecular flexibility index (Phi) is 8.37. The molecule has 0 saturated heterocycles. The van der Waals surface area contributed by atoms with Crippen LogP contribution in [0.3, 0.4) is 0 Å². The standard InChI is InChI=1S/C53H33N5O/c1-3-10-34(11-4-1)35-22-26-40(27-23-35)51-56-50(39-12-5-2-6-13-39)57-52(58-51)41-28-24-37(25-29-41)43-15-9-14-42(32-43)36-18-20-38(21-19-36)44-30-31-45-48(33-44)59-53-49(45)54-46-16-7-8-17-47(46)55-53/h1-33H. The fourth-order valence-electron chi connectivity index (χ4n) is 7.65. The van der Waals surface area contributed by atoms with Gasteiger partial charge in [0.15, 0.2) is 17.5 Å². The Bertz CT molecular complexity index is 3290. The lowest BCUT2D eigenvalue weighted by molar-refractivity contribution is 0.655. The summed E-state index contributed by atoms with van der Waals surface area (Å²) in [7, 11) is 0. The summed E-state index contributed by atoms with van der Waals surface area (Å²) in [6.45, 7) is 0. The number of hydrogen-bond acceptors (Lipinski definition) is 6. The van der Waals surface area contributed by atoms with Crippen molar-refractivity contribution < 1.29 is 4.42 Å². The molecule has 276 valence electrons. The molecule has 0 aliphatic heterocycles. The third kappa shape index (κ3) is 6.58. The van der Waals surface area contributed by atoms with Crippen LogP contribution in [0.1, 0.15) is 0 Å². The summed E-state index contributed by atoms with van der Waals surface area (Å²) >= 11 is 0. The van der Waals surface area contributed by atoms with Gasteiger partial charge in [-0.3, -0.25) is 0 Å². The second-order valence-electron chi connectivity index (χ2n) is 14.5. The minimum Gasteiger partial charge on any atom is -0.436 e. The summed E-state index contributed by atoms with van der Waals surface area (Å²) in [5.41, 5.74) is 15.6. The average molecular weight is 756 g/mol. The number of benzene rings is 8. The molecule has 6 nitrogen and oxygen atoms in total. The molecule has 0 N–H and O–H groups in total. The zero-order valence-electron chi connectivity index (χ0n) is 31.7. The molecule has 0 amide bonds. The Hall–Kier alpha value is -8.09. The summed E-state index contributed by atoms with van der Waals surface area (Å²) in [5, 5.41) is 0.962. The van der Waals surface area contributed by atoms with E-state index in [4.69, 9.17) is 29.3 Å². The molecule has 0 fully saturated rings. The minimum atomic E-state index is 0.554. The van der Waals surface area contributed by atoms with Gasteiger partial charge in [-0.15, -0.1) is 0 Å². The van der Waals surface area contributed by atoms with E-state index in [1.54, 1.807) is 0 Å². The quantitative estimate of drug-likeness (QED) is 0.161. The number of aromatic nitrogens is 5. The highest BCUT2D eigenvalue weighted by Crippen LogP contribution is 2.34. The Labute approximate surface area is 340 Å². The first kappa shape index (κ1) is 34.2. The molecule has 3 aromatic heterocycles. The van der Waals surface area contributed by atoms with E-state index < -0.39 is 0 Å². The van der Waals surface area contributed by atoms with Gasteiger partial charge in [0.25, 0.3) is 0 Å². The van der Waals surface area contributed by atoms with Gasteiger partial charge in [-0.05, 0) is 74.8 Å². The van der Waals surface area contributed by atoms with Gasteiger partial charge in [-0.25, -0.2) is 24.9 Å². The van der Waals surface area contributed by atoms with Gasteiger partial charge in [0.1, 0.15) is 11.1 Å².